The molecule has 0 fully saturated rings. The molecule has 1 rings (SSSR count). The lowest BCUT2D eigenvalue weighted by molar-refractivity contribution is -0.142. The first-order valence-electron chi connectivity index (χ1n) is 5.43. The quantitative estimate of drug-likeness (QED) is 0.803. The van der Waals surface area contributed by atoms with Crippen molar-refractivity contribution in [3.8, 4) is 0 Å². The molecule has 0 aromatic heterocycles. The number of hydrogen-bond acceptors (Lipinski definition) is 2. The van der Waals surface area contributed by atoms with E-state index in [0.29, 0.717) is 12.8 Å². The summed E-state index contributed by atoms with van der Waals surface area (Å²) in [4.78, 5) is 11.1. The molecule has 0 bridgehead atoms. The fourth-order valence-corrected chi connectivity index (χ4v) is 1.67. The third-order valence-electron chi connectivity index (χ3n) is 2.69. The van der Waals surface area contributed by atoms with Gasteiger partial charge in [0.25, 0.3) is 0 Å². The SMILES string of the molecule is COC(C)CC(Cc1ccccc1)C(=O)O. The molecule has 16 heavy (non-hydrogen) atoms. The van der Waals surface area contributed by atoms with Crippen LogP contribution >= 0.6 is 0 Å². The van der Waals surface area contributed by atoms with Gasteiger partial charge in [-0.3, -0.25) is 4.79 Å². The van der Waals surface area contributed by atoms with E-state index < -0.39 is 5.97 Å². The summed E-state index contributed by atoms with van der Waals surface area (Å²) in [6, 6.07) is 9.68. The highest BCUT2D eigenvalue weighted by atomic mass is 16.5. The van der Waals surface area contributed by atoms with E-state index in [1.807, 2.05) is 37.3 Å². The minimum absolute atomic E-state index is 0.0233. The van der Waals surface area contributed by atoms with Crippen molar-refractivity contribution in [1.29, 1.82) is 0 Å². The highest BCUT2D eigenvalue weighted by Crippen LogP contribution is 2.15. The summed E-state index contributed by atoms with van der Waals surface area (Å²) in [7, 11) is 1.60. The zero-order valence-electron chi connectivity index (χ0n) is 9.72. The first kappa shape index (κ1) is 12.7. The molecule has 1 N–H and O–H groups in total. The van der Waals surface area contributed by atoms with Crippen molar-refractivity contribution in [2.24, 2.45) is 5.92 Å². The van der Waals surface area contributed by atoms with Crippen LogP contribution in [0.25, 0.3) is 0 Å². The van der Waals surface area contributed by atoms with Crippen LogP contribution in [0, 0.1) is 5.92 Å². The normalized spacial score (nSPS) is 14.4. The zero-order valence-corrected chi connectivity index (χ0v) is 9.72. The minimum Gasteiger partial charge on any atom is -0.481 e. The number of benzene rings is 1. The van der Waals surface area contributed by atoms with Crippen molar-refractivity contribution in [2.75, 3.05) is 7.11 Å². The Balaban J connectivity index is 2.62. The second-order valence-corrected chi connectivity index (χ2v) is 4.01. The molecular weight excluding hydrogens is 204 g/mol. The van der Waals surface area contributed by atoms with Crippen LogP contribution in [0.1, 0.15) is 18.9 Å². The van der Waals surface area contributed by atoms with Crippen LogP contribution in [0.2, 0.25) is 0 Å². The van der Waals surface area contributed by atoms with E-state index in [9.17, 15) is 4.79 Å². The molecule has 0 aliphatic heterocycles. The average Bonchev–Trinajstić information content (AvgIpc) is 2.29. The monoisotopic (exact) mass is 222 g/mol. The second-order valence-electron chi connectivity index (χ2n) is 4.01. The molecule has 2 unspecified atom stereocenters. The molecule has 3 nitrogen and oxygen atoms in total. The predicted molar refractivity (Wildman–Crippen MR) is 62.4 cm³/mol. The standard InChI is InChI=1S/C13H18O3/c1-10(16-2)8-12(13(14)15)9-11-6-4-3-5-7-11/h3-7,10,12H,8-9H2,1-2H3,(H,14,15). The molecule has 2 atom stereocenters. The van der Waals surface area contributed by atoms with Gasteiger partial charge in [0.05, 0.1) is 12.0 Å². The molecule has 0 spiro atoms. The van der Waals surface area contributed by atoms with Gasteiger partial charge in [-0.05, 0) is 25.3 Å². The Morgan fingerprint density at radius 1 is 1.38 bits per heavy atom. The van der Waals surface area contributed by atoms with Gasteiger partial charge in [-0.15, -0.1) is 0 Å². The molecule has 0 saturated carbocycles. The van der Waals surface area contributed by atoms with E-state index in [1.54, 1.807) is 7.11 Å². The maximum Gasteiger partial charge on any atom is 0.306 e. The molecule has 0 saturated heterocycles. The summed E-state index contributed by atoms with van der Waals surface area (Å²) in [6.45, 7) is 1.89. The molecule has 0 aliphatic carbocycles. The average molecular weight is 222 g/mol. The zero-order chi connectivity index (χ0) is 12.0. The van der Waals surface area contributed by atoms with Gasteiger partial charge in [0.15, 0.2) is 0 Å². The maximum absolute atomic E-state index is 11.1. The Labute approximate surface area is 96.1 Å². The smallest absolute Gasteiger partial charge is 0.306 e. The Morgan fingerprint density at radius 3 is 2.50 bits per heavy atom. The third-order valence-corrected chi connectivity index (χ3v) is 2.69. The van der Waals surface area contributed by atoms with E-state index in [0.717, 1.165) is 5.56 Å². The fraction of sp³-hybridized carbons (Fsp3) is 0.462. The second kappa shape index (κ2) is 6.28. The van der Waals surface area contributed by atoms with Crippen LogP contribution in [0.5, 0.6) is 0 Å². The van der Waals surface area contributed by atoms with Crippen molar-refractivity contribution < 1.29 is 14.6 Å². The molecule has 0 aliphatic rings. The molecular formula is C13H18O3. The highest BCUT2D eigenvalue weighted by Gasteiger charge is 2.20. The summed E-state index contributed by atoms with van der Waals surface area (Å²) in [5, 5.41) is 9.12. The lowest BCUT2D eigenvalue weighted by atomic mass is 9.94. The molecule has 0 heterocycles. The number of ether oxygens (including phenoxy) is 1. The van der Waals surface area contributed by atoms with Crippen LogP contribution in [0.15, 0.2) is 30.3 Å². The van der Waals surface area contributed by atoms with Crippen LogP contribution in [0.4, 0.5) is 0 Å². The van der Waals surface area contributed by atoms with Gasteiger partial charge in [0.2, 0.25) is 0 Å². The van der Waals surface area contributed by atoms with E-state index >= 15 is 0 Å². The van der Waals surface area contributed by atoms with Gasteiger partial charge >= 0.3 is 5.97 Å². The minimum atomic E-state index is -0.757. The van der Waals surface area contributed by atoms with E-state index in [-0.39, 0.29) is 12.0 Å². The third kappa shape index (κ3) is 4.03. The van der Waals surface area contributed by atoms with Gasteiger partial charge in [-0.2, -0.15) is 0 Å². The molecule has 1 aromatic carbocycles. The molecule has 3 heteroatoms. The van der Waals surface area contributed by atoms with Crippen LogP contribution in [-0.4, -0.2) is 24.3 Å². The fourth-order valence-electron chi connectivity index (χ4n) is 1.67. The Morgan fingerprint density at radius 2 is 2.00 bits per heavy atom. The summed E-state index contributed by atoms with van der Waals surface area (Å²) in [6.07, 6.45) is 1.08. The highest BCUT2D eigenvalue weighted by molar-refractivity contribution is 5.70. The van der Waals surface area contributed by atoms with Crippen molar-refractivity contribution in [1.82, 2.24) is 0 Å². The van der Waals surface area contributed by atoms with E-state index in [4.69, 9.17) is 9.84 Å². The lowest BCUT2D eigenvalue weighted by Crippen LogP contribution is -2.22. The van der Waals surface area contributed by atoms with Crippen molar-refractivity contribution in [2.45, 2.75) is 25.9 Å². The lowest BCUT2D eigenvalue weighted by Gasteiger charge is -2.16. The summed E-state index contributed by atoms with van der Waals surface area (Å²) in [5.41, 5.74) is 1.05. The van der Waals surface area contributed by atoms with Crippen LogP contribution in [0.3, 0.4) is 0 Å². The van der Waals surface area contributed by atoms with Crippen molar-refractivity contribution in [3.63, 3.8) is 0 Å². The van der Waals surface area contributed by atoms with Gasteiger partial charge in [0, 0.05) is 7.11 Å². The predicted octanol–water partition coefficient (Wildman–Crippen LogP) is 2.35. The van der Waals surface area contributed by atoms with Gasteiger partial charge in [0.1, 0.15) is 0 Å². The molecule has 0 radical (unpaired) electrons. The number of aliphatic carboxylic acids is 1. The van der Waals surface area contributed by atoms with Gasteiger partial charge in [-0.1, -0.05) is 30.3 Å². The Hall–Kier alpha value is -1.35. The number of carboxylic acid groups (broad SMARTS) is 1. The number of methoxy groups -OCH3 is 1. The van der Waals surface area contributed by atoms with Crippen LogP contribution in [-0.2, 0) is 16.0 Å². The van der Waals surface area contributed by atoms with Gasteiger partial charge < -0.3 is 9.84 Å². The largest absolute Gasteiger partial charge is 0.481 e. The number of carbonyl (C=O) groups is 1. The van der Waals surface area contributed by atoms with Crippen molar-refractivity contribution in [3.05, 3.63) is 35.9 Å². The number of rotatable bonds is 6. The maximum atomic E-state index is 11.1. The summed E-state index contributed by atoms with van der Waals surface area (Å²) in [5.74, 6) is -1.13. The van der Waals surface area contributed by atoms with Crippen molar-refractivity contribution >= 4 is 5.97 Å². The van der Waals surface area contributed by atoms with Crippen LogP contribution < -0.4 is 0 Å². The van der Waals surface area contributed by atoms with E-state index in [2.05, 4.69) is 0 Å². The molecule has 88 valence electrons. The topological polar surface area (TPSA) is 46.5 Å². The Bertz CT molecular complexity index is 321. The summed E-state index contributed by atoms with van der Waals surface area (Å²) >= 11 is 0. The molecule has 1 aromatic rings. The summed E-state index contributed by atoms with van der Waals surface area (Å²) < 4.78 is 5.11. The Kier molecular flexibility index (Phi) is 4.99. The number of carboxylic acids is 1. The van der Waals surface area contributed by atoms with Gasteiger partial charge in [-0.25, -0.2) is 0 Å². The number of hydrogen-bond donors (Lipinski definition) is 1. The molecule has 0 amide bonds. The first-order valence-corrected chi connectivity index (χ1v) is 5.43. The van der Waals surface area contributed by atoms with E-state index in [1.165, 1.54) is 0 Å². The first-order chi connectivity index (χ1) is 7.63.